The van der Waals surface area contributed by atoms with Crippen molar-refractivity contribution in [3.63, 3.8) is 0 Å². The summed E-state index contributed by atoms with van der Waals surface area (Å²) in [6.07, 6.45) is 3.35. The van der Waals surface area contributed by atoms with Gasteiger partial charge < -0.3 is 14.7 Å². The van der Waals surface area contributed by atoms with E-state index in [1.54, 1.807) is 44.3 Å². The van der Waals surface area contributed by atoms with Crippen LogP contribution in [0.4, 0.5) is 0 Å². The molecule has 0 radical (unpaired) electrons. The summed E-state index contributed by atoms with van der Waals surface area (Å²) in [4.78, 5) is 2.05. The fourth-order valence-corrected chi connectivity index (χ4v) is 4.88. The zero-order valence-electron chi connectivity index (χ0n) is 15.4. The molecule has 0 aromatic heterocycles. The predicted molar refractivity (Wildman–Crippen MR) is 108 cm³/mol. The Morgan fingerprint density at radius 1 is 1.32 bits per heavy atom. The second-order valence-electron chi connectivity index (χ2n) is 6.50. The van der Waals surface area contributed by atoms with Gasteiger partial charge in [0.2, 0.25) is 0 Å². The highest BCUT2D eigenvalue weighted by Gasteiger charge is 2.50. The van der Waals surface area contributed by atoms with E-state index in [9.17, 15) is 5.21 Å². The highest BCUT2D eigenvalue weighted by molar-refractivity contribution is 8.24. The first-order valence-electron chi connectivity index (χ1n) is 8.36. The van der Waals surface area contributed by atoms with Gasteiger partial charge in [0.05, 0.1) is 14.2 Å². The standard InChI is InChI=1S/C18H26N2O3S2/c1-6-7-10-19-16(18(2,3)25-17(19)24)20(21)12-13-8-9-14(22-4)15(11-13)23-5/h8-9,11-12,16H,6-7,10H2,1-5H3/t16-/m1/s1. The first kappa shape index (κ1) is 19.8. The first-order chi connectivity index (χ1) is 11.8. The molecule has 0 bridgehead atoms. The normalized spacial score (nSPS) is 20.0. The molecule has 1 aromatic carbocycles. The van der Waals surface area contributed by atoms with Crippen molar-refractivity contribution in [3.05, 3.63) is 29.0 Å². The quantitative estimate of drug-likeness (QED) is 0.235. The molecule has 0 saturated carbocycles. The van der Waals surface area contributed by atoms with Crippen molar-refractivity contribution in [1.82, 2.24) is 4.90 Å². The van der Waals surface area contributed by atoms with E-state index in [1.165, 1.54) is 0 Å². The van der Waals surface area contributed by atoms with E-state index in [1.807, 2.05) is 11.0 Å². The number of rotatable bonds is 7. The van der Waals surface area contributed by atoms with Crippen LogP contribution < -0.4 is 9.47 Å². The minimum absolute atomic E-state index is 0.278. The molecule has 138 valence electrons. The molecule has 0 unspecified atom stereocenters. The maximum Gasteiger partial charge on any atom is 0.254 e. The third-order valence-electron chi connectivity index (χ3n) is 4.18. The molecule has 5 nitrogen and oxygen atoms in total. The number of hydrogen-bond donors (Lipinski definition) is 0. The maximum atomic E-state index is 13.0. The topological polar surface area (TPSA) is 47.8 Å². The van der Waals surface area contributed by atoms with E-state index in [0.29, 0.717) is 11.5 Å². The van der Waals surface area contributed by atoms with Crippen molar-refractivity contribution >= 4 is 34.5 Å². The van der Waals surface area contributed by atoms with Crippen molar-refractivity contribution in [1.29, 1.82) is 0 Å². The molecule has 1 atom stereocenters. The Morgan fingerprint density at radius 2 is 2.00 bits per heavy atom. The number of hydroxylamine groups is 1. The van der Waals surface area contributed by atoms with Crippen LogP contribution in [0.2, 0.25) is 0 Å². The van der Waals surface area contributed by atoms with Crippen molar-refractivity contribution in [2.24, 2.45) is 0 Å². The van der Waals surface area contributed by atoms with E-state index in [2.05, 4.69) is 20.8 Å². The van der Waals surface area contributed by atoms with Gasteiger partial charge in [-0.25, -0.2) is 0 Å². The summed E-state index contributed by atoms with van der Waals surface area (Å²) in [6, 6.07) is 5.44. The molecule has 0 amide bonds. The minimum Gasteiger partial charge on any atom is -0.622 e. The fourth-order valence-electron chi connectivity index (χ4n) is 2.95. The second kappa shape index (κ2) is 8.27. The number of thiocarbonyl (C=S) groups is 1. The maximum absolute atomic E-state index is 13.0. The highest BCUT2D eigenvalue weighted by Crippen LogP contribution is 2.41. The fraction of sp³-hybridized carbons (Fsp3) is 0.556. The van der Waals surface area contributed by atoms with Gasteiger partial charge in [0.15, 0.2) is 17.7 Å². The summed E-state index contributed by atoms with van der Waals surface area (Å²) in [6.45, 7) is 7.06. The number of methoxy groups -OCH3 is 2. The molecule has 25 heavy (non-hydrogen) atoms. The van der Waals surface area contributed by atoms with Gasteiger partial charge in [-0.3, -0.25) is 4.90 Å². The molecular formula is C18H26N2O3S2. The number of thioether (sulfide) groups is 1. The van der Waals surface area contributed by atoms with Crippen LogP contribution in [0.3, 0.4) is 0 Å². The van der Waals surface area contributed by atoms with Gasteiger partial charge >= 0.3 is 0 Å². The molecule has 1 aliphatic rings. The third kappa shape index (κ3) is 4.39. The van der Waals surface area contributed by atoms with Crippen molar-refractivity contribution in [2.75, 3.05) is 20.8 Å². The molecule has 0 N–H and O–H groups in total. The van der Waals surface area contributed by atoms with Crippen molar-refractivity contribution in [2.45, 2.75) is 44.5 Å². The largest absolute Gasteiger partial charge is 0.622 e. The van der Waals surface area contributed by atoms with E-state index in [0.717, 1.165) is 34.0 Å². The molecule has 0 spiro atoms. The molecule has 1 aliphatic heterocycles. The van der Waals surface area contributed by atoms with Gasteiger partial charge in [-0.2, -0.15) is 4.74 Å². The Morgan fingerprint density at radius 3 is 2.60 bits per heavy atom. The zero-order chi connectivity index (χ0) is 18.6. The molecule has 1 aromatic rings. The van der Waals surface area contributed by atoms with Crippen LogP contribution >= 0.6 is 24.0 Å². The molecule has 7 heteroatoms. The lowest BCUT2D eigenvalue weighted by Crippen LogP contribution is -2.48. The number of ether oxygens (including phenoxy) is 2. The average Bonchev–Trinajstić information content (AvgIpc) is 2.80. The van der Waals surface area contributed by atoms with Crippen LogP contribution in [0.1, 0.15) is 39.2 Å². The lowest BCUT2D eigenvalue weighted by molar-refractivity contribution is -0.523. The lowest BCUT2D eigenvalue weighted by Gasteiger charge is -2.29. The van der Waals surface area contributed by atoms with E-state index < -0.39 is 0 Å². The molecule has 0 aliphatic carbocycles. The van der Waals surface area contributed by atoms with Crippen molar-refractivity contribution < 1.29 is 14.2 Å². The summed E-state index contributed by atoms with van der Waals surface area (Å²) in [7, 11) is 3.17. The molecule has 1 heterocycles. The second-order valence-corrected chi connectivity index (χ2v) is 8.78. The average molecular weight is 383 g/mol. The zero-order valence-corrected chi connectivity index (χ0v) is 17.1. The van der Waals surface area contributed by atoms with Gasteiger partial charge in [-0.05, 0) is 38.5 Å². The lowest BCUT2D eigenvalue weighted by atomic mass is 10.1. The summed E-state index contributed by atoms with van der Waals surface area (Å²) < 4.78 is 12.1. The SMILES string of the molecule is CCCCN1C(=S)SC(C)(C)[C@H]1[N+]([O-])=Cc1ccc(OC)c(OC)c1. The van der Waals surface area contributed by atoms with Crippen LogP contribution in [-0.2, 0) is 0 Å². The van der Waals surface area contributed by atoms with Crippen molar-refractivity contribution in [3.8, 4) is 11.5 Å². The van der Waals surface area contributed by atoms with Gasteiger partial charge in [0.25, 0.3) is 6.17 Å². The third-order valence-corrected chi connectivity index (χ3v) is 5.81. The number of hydrogen-bond acceptors (Lipinski definition) is 5. The van der Waals surface area contributed by atoms with Crippen LogP contribution in [-0.4, -0.2) is 51.9 Å². The Hall–Kier alpha value is -1.47. The molecule has 1 saturated heterocycles. The molecule has 1 fully saturated rings. The van der Waals surface area contributed by atoms with Gasteiger partial charge in [-0.15, -0.1) is 0 Å². The Kier molecular flexibility index (Phi) is 6.57. The Balaban J connectivity index is 2.34. The smallest absolute Gasteiger partial charge is 0.254 e. The van der Waals surface area contributed by atoms with E-state index in [4.69, 9.17) is 21.7 Å². The Labute approximate surface area is 159 Å². The summed E-state index contributed by atoms with van der Waals surface area (Å²) in [5, 5.41) is 13.0. The summed E-state index contributed by atoms with van der Waals surface area (Å²) in [5.41, 5.74) is 0.765. The van der Waals surface area contributed by atoms with Crippen LogP contribution in [0.15, 0.2) is 18.2 Å². The minimum atomic E-state index is -0.329. The van der Waals surface area contributed by atoms with Gasteiger partial charge in [0, 0.05) is 12.1 Å². The van der Waals surface area contributed by atoms with Crippen LogP contribution in [0.25, 0.3) is 0 Å². The van der Waals surface area contributed by atoms with Crippen LogP contribution in [0, 0.1) is 5.21 Å². The number of benzene rings is 1. The molecular weight excluding hydrogens is 356 g/mol. The van der Waals surface area contributed by atoms with Gasteiger partial charge in [-0.1, -0.05) is 37.3 Å². The van der Waals surface area contributed by atoms with E-state index in [-0.39, 0.29) is 10.9 Å². The monoisotopic (exact) mass is 382 g/mol. The molecule has 2 rings (SSSR count). The summed E-state index contributed by atoms with van der Waals surface area (Å²) >= 11 is 7.10. The predicted octanol–water partition coefficient (Wildman–Crippen LogP) is 3.87. The van der Waals surface area contributed by atoms with Crippen LogP contribution in [0.5, 0.6) is 11.5 Å². The first-order valence-corrected chi connectivity index (χ1v) is 9.58. The highest BCUT2D eigenvalue weighted by atomic mass is 32.2. The Bertz CT molecular complexity index is 662. The van der Waals surface area contributed by atoms with Gasteiger partial charge in [0.1, 0.15) is 9.07 Å². The summed E-state index contributed by atoms with van der Waals surface area (Å²) in [5.74, 6) is 1.24. The van der Waals surface area contributed by atoms with E-state index >= 15 is 0 Å². The number of unbranched alkanes of at least 4 members (excludes halogenated alkanes) is 1. The number of nitrogens with zero attached hydrogens (tertiary/aromatic N) is 2.